The lowest BCUT2D eigenvalue weighted by atomic mass is 9.81. The van der Waals surface area contributed by atoms with E-state index in [0.717, 1.165) is 12.0 Å². The van der Waals surface area contributed by atoms with Crippen molar-refractivity contribution in [2.45, 2.75) is 22.5 Å². The number of hydrogen-bond donors (Lipinski definition) is 0. The van der Waals surface area contributed by atoms with E-state index in [1.54, 1.807) is 24.3 Å². The Bertz CT molecular complexity index is 995. The highest BCUT2D eigenvalue weighted by Gasteiger charge is 2.66. The lowest BCUT2D eigenvalue weighted by molar-refractivity contribution is -0.133. The molecule has 2 amide bonds. The molecule has 2 aromatic rings. The monoisotopic (exact) mass is 531 g/mol. The maximum atomic E-state index is 13.2. The molecule has 3 fully saturated rings. The molecule has 1 aliphatic heterocycles. The number of imide groups is 1. The third kappa shape index (κ3) is 3.14. The summed E-state index contributed by atoms with van der Waals surface area (Å²) in [6, 6.07) is 16.0. The summed E-state index contributed by atoms with van der Waals surface area (Å²) < 4.78 is 5.47. The predicted octanol–water partition coefficient (Wildman–Crippen LogP) is 4.12. The number of halogens is 2. The van der Waals surface area contributed by atoms with Crippen LogP contribution in [0.1, 0.15) is 12.0 Å². The Morgan fingerprint density at radius 2 is 1.57 bits per heavy atom. The van der Waals surface area contributed by atoms with E-state index in [0.29, 0.717) is 11.4 Å². The van der Waals surface area contributed by atoms with E-state index >= 15 is 0 Å². The molecular weight excluding hydrogens is 514 g/mol. The van der Waals surface area contributed by atoms with Crippen LogP contribution in [0.15, 0.2) is 54.6 Å². The topological polar surface area (TPSA) is 63.7 Å². The van der Waals surface area contributed by atoms with Gasteiger partial charge in [0.25, 0.3) is 0 Å². The minimum atomic E-state index is -0.392. The van der Waals surface area contributed by atoms with E-state index in [2.05, 4.69) is 31.9 Å². The van der Waals surface area contributed by atoms with Gasteiger partial charge in [0, 0.05) is 15.7 Å². The molecule has 2 saturated carbocycles. The number of hydrogen-bond acceptors (Lipinski definition) is 4. The molecule has 0 aromatic heterocycles. The van der Waals surface area contributed by atoms with E-state index in [1.165, 1.54) is 4.90 Å². The van der Waals surface area contributed by atoms with E-state index < -0.39 is 5.97 Å². The molecule has 1 heterocycles. The van der Waals surface area contributed by atoms with Gasteiger partial charge in [-0.3, -0.25) is 14.4 Å². The van der Waals surface area contributed by atoms with Crippen LogP contribution in [0.25, 0.3) is 0 Å². The number of nitrogens with zero attached hydrogens (tertiary/aromatic N) is 1. The second-order valence-corrected chi connectivity index (χ2v) is 10.3. The molecular formula is C23H19Br2NO4. The summed E-state index contributed by atoms with van der Waals surface area (Å²) in [5.74, 6) is -0.573. The van der Waals surface area contributed by atoms with Crippen molar-refractivity contribution in [2.24, 2.45) is 23.7 Å². The van der Waals surface area contributed by atoms with Crippen molar-refractivity contribution in [1.29, 1.82) is 0 Å². The molecule has 30 heavy (non-hydrogen) atoms. The highest BCUT2D eigenvalue weighted by Crippen LogP contribution is 2.60. The fraction of sp³-hybridized carbons (Fsp3) is 0.348. The Morgan fingerprint density at radius 3 is 2.20 bits per heavy atom. The van der Waals surface area contributed by atoms with Crippen LogP contribution in [0.2, 0.25) is 0 Å². The Balaban J connectivity index is 1.35. The Morgan fingerprint density at radius 1 is 0.933 bits per heavy atom. The van der Waals surface area contributed by atoms with Crippen LogP contribution in [-0.4, -0.2) is 27.4 Å². The van der Waals surface area contributed by atoms with Gasteiger partial charge in [0.15, 0.2) is 0 Å². The largest absolute Gasteiger partial charge is 0.426 e. The van der Waals surface area contributed by atoms with E-state index in [9.17, 15) is 14.4 Å². The number of benzene rings is 2. The summed E-state index contributed by atoms with van der Waals surface area (Å²) in [6.07, 6.45) is 1.04. The SMILES string of the molecule is O=C(Cc1ccccc1)Oc1cccc(N2C(=O)[C@@H]3[C@@H]4C[C@@H]([C@H](Br)[C@@H]4Br)[C@@H]3C2=O)c1. The molecule has 6 atom stereocenters. The van der Waals surface area contributed by atoms with Gasteiger partial charge in [0.2, 0.25) is 11.8 Å². The molecule has 7 heteroatoms. The molecule has 0 unspecified atom stereocenters. The molecule has 0 radical (unpaired) electrons. The second-order valence-electron chi connectivity index (χ2n) is 8.15. The van der Waals surface area contributed by atoms with E-state index in [-0.39, 0.29) is 51.6 Å². The van der Waals surface area contributed by atoms with Crippen molar-refractivity contribution in [3.63, 3.8) is 0 Å². The van der Waals surface area contributed by atoms with Gasteiger partial charge in [0.1, 0.15) is 5.75 Å². The van der Waals surface area contributed by atoms with E-state index in [4.69, 9.17) is 4.74 Å². The Kier molecular flexibility index (Phi) is 5.06. The van der Waals surface area contributed by atoms with Crippen LogP contribution in [0, 0.1) is 23.7 Å². The smallest absolute Gasteiger partial charge is 0.315 e. The maximum absolute atomic E-state index is 13.2. The zero-order valence-electron chi connectivity index (χ0n) is 15.9. The molecule has 3 aliphatic rings. The molecule has 1 saturated heterocycles. The first-order valence-electron chi connectivity index (χ1n) is 9.96. The zero-order chi connectivity index (χ0) is 21.0. The predicted molar refractivity (Wildman–Crippen MR) is 119 cm³/mol. The average Bonchev–Trinajstić information content (AvgIpc) is 3.33. The number of carbonyl (C=O) groups excluding carboxylic acids is 3. The fourth-order valence-electron chi connectivity index (χ4n) is 5.22. The number of rotatable bonds is 4. The first kappa shape index (κ1) is 19.9. The summed E-state index contributed by atoms with van der Waals surface area (Å²) in [5.41, 5.74) is 1.32. The molecule has 2 aromatic carbocycles. The third-order valence-electron chi connectivity index (χ3n) is 6.49. The third-order valence-corrected chi connectivity index (χ3v) is 9.69. The fourth-order valence-corrected chi connectivity index (χ4v) is 7.09. The van der Waals surface area contributed by atoms with Crippen LogP contribution >= 0.6 is 31.9 Å². The first-order chi connectivity index (χ1) is 14.5. The van der Waals surface area contributed by atoms with Gasteiger partial charge in [-0.15, -0.1) is 0 Å². The molecule has 0 spiro atoms. The van der Waals surface area contributed by atoms with Gasteiger partial charge in [-0.2, -0.15) is 0 Å². The highest BCUT2D eigenvalue weighted by atomic mass is 79.9. The van der Waals surface area contributed by atoms with Crippen LogP contribution in [0.3, 0.4) is 0 Å². The number of amides is 2. The normalized spacial score (nSPS) is 31.9. The van der Waals surface area contributed by atoms with Crippen molar-refractivity contribution in [3.05, 3.63) is 60.2 Å². The van der Waals surface area contributed by atoms with Crippen molar-refractivity contribution < 1.29 is 19.1 Å². The lowest BCUT2D eigenvalue weighted by Gasteiger charge is -2.28. The molecule has 5 rings (SSSR count). The minimum absolute atomic E-state index is 0.144. The number of anilines is 1. The van der Waals surface area contributed by atoms with Gasteiger partial charge in [-0.1, -0.05) is 68.3 Å². The highest BCUT2D eigenvalue weighted by molar-refractivity contribution is 9.12. The van der Waals surface area contributed by atoms with Crippen molar-refractivity contribution in [3.8, 4) is 5.75 Å². The molecule has 2 bridgehead atoms. The van der Waals surface area contributed by atoms with Crippen LogP contribution < -0.4 is 9.64 Å². The van der Waals surface area contributed by atoms with Gasteiger partial charge >= 0.3 is 5.97 Å². The van der Waals surface area contributed by atoms with Crippen molar-refractivity contribution >= 4 is 55.3 Å². The lowest BCUT2D eigenvalue weighted by Crippen LogP contribution is -2.37. The Labute approximate surface area is 191 Å². The van der Waals surface area contributed by atoms with Gasteiger partial charge < -0.3 is 4.74 Å². The Hall–Kier alpha value is -1.99. The number of fused-ring (bicyclic) bond motifs is 5. The zero-order valence-corrected chi connectivity index (χ0v) is 19.1. The number of carbonyl (C=O) groups is 3. The van der Waals surface area contributed by atoms with E-state index in [1.807, 2.05) is 30.3 Å². The second kappa shape index (κ2) is 7.61. The van der Waals surface area contributed by atoms with Gasteiger partial charge in [-0.25, -0.2) is 4.90 Å². The van der Waals surface area contributed by atoms with Crippen LogP contribution in [-0.2, 0) is 20.8 Å². The number of ether oxygens (including phenoxy) is 1. The summed E-state index contributed by atoms with van der Waals surface area (Å²) in [6.45, 7) is 0. The van der Waals surface area contributed by atoms with Crippen molar-refractivity contribution in [1.82, 2.24) is 0 Å². The summed E-state index contributed by atoms with van der Waals surface area (Å²) in [4.78, 5) is 40.3. The molecule has 5 nitrogen and oxygen atoms in total. The molecule has 2 aliphatic carbocycles. The minimum Gasteiger partial charge on any atom is -0.426 e. The number of alkyl halides is 2. The van der Waals surface area contributed by atoms with Crippen molar-refractivity contribution in [2.75, 3.05) is 4.90 Å². The summed E-state index contributed by atoms with van der Waals surface area (Å²) in [5, 5.41) is 0. The molecule has 0 N–H and O–H groups in total. The summed E-state index contributed by atoms with van der Waals surface area (Å²) in [7, 11) is 0. The van der Waals surface area contributed by atoms with Crippen LogP contribution in [0.4, 0.5) is 5.69 Å². The standard InChI is InChI=1S/C23H19Br2NO4/c24-20-15-11-16(21(20)25)19-18(15)22(28)26(23(19)29)13-7-4-8-14(10-13)30-17(27)9-12-5-2-1-3-6-12/h1-8,10,15-16,18-21H,9,11H2/t15-,16+,18+,19-,20+,21-. The molecule has 154 valence electrons. The quantitative estimate of drug-likeness (QED) is 0.257. The summed E-state index contributed by atoms with van der Waals surface area (Å²) >= 11 is 7.40. The number of esters is 1. The van der Waals surface area contributed by atoms with Gasteiger partial charge in [0.05, 0.1) is 23.9 Å². The van der Waals surface area contributed by atoms with Crippen LogP contribution in [0.5, 0.6) is 5.75 Å². The average molecular weight is 533 g/mol. The van der Waals surface area contributed by atoms with Gasteiger partial charge in [-0.05, 0) is 36.0 Å². The first-order valence-corrected chi connectivity index (χ1v) is 11.8. The maximum Gasteiger partial charge on any atom is 0.315 e.